The third-order valence-electron chi connectivity index (χ3n) is 9.86. The van der Waals surface area contributed by atoms with Crippen LogP contribution in [0.4, 0.5) is 0 Å². The van der Waals surface area contributed by atoms with Crippen LogP contribution < -0.4 is 0 Å². The predicted molar refractivity (Wildman–Crippen MR) is 187 cm³/mol. The Balaban J connectivity index is 0.000000229. The maximum absolute atomic E-state index is 12.4. The largest absolute Gasteiger partial charge is 0.456 e. The second kappa shape index (κ2) is 16.6. The van der Waals surface area contributed by atoms with Gasteiger partial charge in [0.25, 0.3) is 0 Å². The zero-order valence-corrected chi connectivity index (χ0v) is 29.4. The first-order chi connectivity index (χ1) is 24.3. The first-order valence-corrected chi connectivity index (χ1v) is 17.0. The summed E-state index contributed by atoms with van der Waals surface area (Å²) in [6.07, 6.45) is -2.50. The van der Waals surface area contributed by atoms with E-state index in [1.807, 2.05) is 32.0 Å². The smallest absolute Gasteiger partial charge is 0.338 e. The van der Waals surface area contributed by atoms with Crippen LogP contribution in [0.15, 0.2) is 60.7 Å². The fourth-order valence-electron chi connectivity index (χ4n) is 7.38. The molecule has 5 fully saturated rings. The average molecular weight is 745 g/mol. The fourth-order valence-corrected chi connectivity index (χ4v) is 7.38. The Bertz CT molecular complexity index is 1580. The minimum Gasteiger partial charge on any atom is -0.456 e. The van der Waals surface area contributed by atoms with Gasteiger partial charge in [-0.3, -0.25) is 9.59 Å². The second-order valence-electron chi connectivity index (χ2n) is 13.6. The number of hydrogen-bond donors (Lipinski definition) is 0. The van der Waals surface area contributed by atoms with Gasteiger partial charge < -0.3 is 47.4 Å². The van der Waals surface area contributed by atoms with Crippen LogP contribution in [-0.2, 0) is 57.0 Å². The molecule has 0 radical (unpaired) electrons. The van der Waals surface area contributed by atoms with Crippen molar-refractivity contribution in [2.24, 2.45) is 0 Å². The molecule has 0 aromatic heterocycles. The number of benzene rings is 2. The number of esters is 4. The molecule has 3 saturated heterocycles. The van der Waals surface area contributed by atoms with E-state index in [-0.39, 0.29) is 39.1 Å². The molecule has 3 heterocycles. The van der Waals surface area contributed by atoms with Crippen molar-refractivity contribution in [2.45, 2.75) is 134 Å². The molecule has 2 aliphatic carbocycles. The zero-order valence-electron chi connectivity index (χ0n) is 29.4. The summed E-state index contributed by atoms with van der Waals surface area (Å²) in [7, 11) is 2.98. The molecule has 5 aliphatic rings. The van der Waals surface area contributed by atoms with Crippen molar-refractivity contribution in [1.29, 1.82) is 0 Å². The number of fused-ring (bicyclic) bond motifs is 2. The molecule has 292 valence electrons. The Morgan fingerprint density at radius 3 is 1.53 bits per heavy atom. The number of rotatable bonds is 8. The highest BCUT2D eigenvalue weighted by Gasteiger charge is 2.71. The van der Waals surface area contributed by atoms with Crippen molar-refractivity contribution in [3.8, 4) is 0 Å². The molecular formula is C39H52O14. The summed E-state index contributed by atoms with van der Waals surface area (Å²) in [5.41, 5.74) is -0.872. The van der Waals surface area contributed by atoms with Gasteiger partial charge in [-0.1, -0.05) is 51.3 Å². The summed E-state index contributed by atoms with van der Waals surface area (Å²) in [6, 6.07) is 17.5. The van der Waals surface area contributed by atoms with Gasteiger partial charge in [-0.05, 0) is 63.8 Å². The topological polar surface area (TPSA) is 161 Å². The molecule has 2 aromatic carbocycles. The Morgan fingerprint density at radius 1 is 0.623 bits per heavy atom. The Kier molecular flexibility index (Phi) is 13.1. The normalized spacial score (nSPS) is 34.1. The zero-order chi connectivity index (χ0) is 36.6. The highest BCUT2D eigenvalue weighted by Crippen LogP contribution is 2.54. The molecule has 10 atom stereocenters. The molecule has 2 aromatic rings. The Labute approximate surface area is 310 Å². The van der Waals surface area contributed by atoms with Crippen LogP contribution >= 0.6 is 0 Å². The van der Waals surface area contributed by atoms with Crippen molar-refractivity contribution >= 4 is 23.9 Å². The van der Waals surface area contributed by atoms with Gasteiger partial charge in [-0.25, -0.2) is 9.59 Å². The number of carbonyl (C=O) groups excluding carboxylic acids is 4. The Morgan fingerprint density at radius 2 is 1.09 bits per heavy atom. The van der Waals surface area contributed by atoms with Crippen molar-refractivity contribution in [1.82, 2.24) is 0 Å². The van der Waals surface area contributed by atoms with Gasteiger partial charge >= 0.3 is 23.9 Å². The number of hydrogen-bond acceptors (Lipinski definition) is 14. The van der Waals surface area contributed by atoms with Crippen LogP contribution in [0.3, 0.4) is 0 Å². The van der Waals surface area contributed by atoms with Crippen LogP contribution in [0.5, 0.6) is 0 Å². The molecule has 0 bridgehead atoms. The summed E-state index contributed by atoms with van der Waals surface area (Å²) in [5.74, 6) is -2.67. The van der Waals surface area contributed by atoms with Crippen LogP contribution in [0.2, 0.25) is 0 Å². The number of ether oxygens (including phenoxy) is 10. The van der Waals surface area contributed by atoms with Crippen molar-refractivity contribution in [2.75, 3.05) is 14.2 Å². The highest BCUT2D eigenvalue weighted by atomic mass is 16.8. The van der Waals surface area contributed by atoms with Gasteiger partial charge in [0.2, 0.25) is 0 Å². The van der Waals surface area contributed by atoms with E-state index in [2.05, 4.69) is 0 Å². The molecule has 14 heteroatoms. The van der Waals surface area contributed by atoms with Crippen LogP contribution in [0, 0.1) is 0 Å². The summed E-state index contributed by atoms with van der Waals surface area (Å²) in [6.45, 7) is 6.24. The van der Waals surface area contributed by atoms with Crippen LogP contribution in [0.25, 0.3) is 0 Å². The lowest BCUT2D eigenvalue weighted by Crippen LogP contribution is -2.62. The van der Waals surface area contributed by atoms with Crippen molar-refractivity contribution in [3.63, 3.8) is 0 Å². The third-order valence-corrected chi connectivity index (χ3v) is 9.86. The van der Waals surface area contributed by atoms with E-state index < -0.39 is 65.8 Å². The molecule has 14 nitrogen and oxygen atoms in total. The molecule has 2 spiro atoms. The fraction of sp³-hybridized carbons (Fsp3) is 0.590. The maximum Gasteiger partial charge on any atom is 0.338 e. The highest BCUT2D eigenvalue weighted by molar-refractivity contribution is 5.90. The first-order valence-electron chi connectivity index (χ1n) is 17.0. The average Bonchev–Trinajstić information content (AvgIpc) is 3.71. The minimum atomic E-state index is -1.11. The van der Waals surface area contributed by atoms with E-state index in [0.717, 1.165) is 12.8 Å². The van der Waals surface area contributed by atoms with Gasteiger partial charge in [0.1, 0.15) is 35.6 Å². The summed E-state index contributed by atoms with van der Waals surface area (Å²) < 4.78 is 56.8. The number of methoxy groups -OCH3 is 2. The van der Waals surface area contributed by atoms with Gasteiger partial charge in [-0.2, -0.15) is 0 Å². The SMILES string of the molecule is C.C.CO[C@@H]1O[C@@]2(CC[C@H]2OC(=O)c2ccccc2)[C@@H]2OC(C)(C)OC12.CO[C@@H]1O[C@@]2(CC[C@H]2OC(=O)c2ccccc2)[C@H](OC(C)=O)C1OC(C)=O. The first kappa shape index (κ1) is 41.8. The molecule has 2 saturated carbocycles. The van der Waals surface area contributed by atoms with E-state index in [9.17, 15) is 19.2 Å². The lowest BCUT2D eigenvalue weighted by molar-refractivity contribution is -0.288. The quantitative estimate of drug-likeness (QED) is 0.258. The number of carbonyl (C=O) groups is 4. The van der Waals surface area contributed by atoms with E-state index in [0.29, 0.717) is 24.0 Å². The molecule has 53 heavy (non-hydrogen) atoms. The molecule has 0 amide bonds. The van der Waals surface area contributed by atoms with Crippen LogP contribution in [-0.4, -0.2) is 104 Å². The van der Waals surface area contributed by atoms with Crippen molar-refractivity contribution < 1.29 is 66.5 Å². The molecule has 7 rings (SSSR count). The standard InChI is InChI=1S/C19H22O8.C18H22O6.2CH4/c1-11(20)24-15-16(25-12(2)21)19(27-18(15)23-3)10-9-14(19)26-17(22)13-7-5-4-6-8-13;1-17(2)22-13-14(23-17)18(24-16(13)20-3)10-9-12(18)21-15(19)11-7-5-4-6-8-11;;/h4-8,14-16,18H,9-10H2,1-3H3;4-8,12-14,16H,9-10H2,1-3H3;2*1H4/t14-,15?,16-,18-,19-;12-,13?,14-,16-,18-;;/m11../s1. The van der Waals surface area contributed by atoms with Gasteiger partial charge in [-0.15, -0.1) is 0 Å². The maximum atomic E-state index is 12.4. The Hall–Kier alpha value is -3.92. The van der Waals surface area contributed by atoms with E-state index >= 15 is 0 Å². The van der Waals surface area contributed by atoms with Gasteiger partial charge in [0.05, 0.1) is 11.1 Å². The molecule has 3 aliphatic heterocycles. The second-order valence-corrected chi connectivity index (χ2v) is 13.6. The van der Waals surface area contributed by atoms with Crippen molar-refractivity contribution in [3.05, 3.63) is 71.8 Å². The summed E-state index contributed by atoms with van der Waals surface area (Å²) >= 11 is 0. The van der Waals surface area contributed by atoms with E-state index in [1.54, 1.807) is 49.6 Å². The van der Waals surface area contributed by atoms with Crippen LogP contribution in [0.1, 0.15) is 88.9 Å². The monoisotopic (exact) mass is 744 g/mol. The lowest BCUT2D eigenvalue weighted by Gasteiger charge is -2.47. The molecular weight excluding hydrogens is 692 g/mol. The molecule has 0 N–H and O–H groups in total. The van der Waals surface area contributed by atoms with Gasteiger partial charge in [0, 0.05) is 28.1 Å². The van der Waals surface area contributed by atoms with E-state index in [1.165, 1.54) is 21.0 Å². The third kappa shape index (κ3) is 8.13. The van der Waals surface area contributed by atoms with Gasteiger partial charge in [0.15, 0.2) is 30.6 Å². The summed E-state index contributed by atoms with van der Waals surface area (Å²) in [4.78, 5) is 47.9. The minimum absolute atomic E-state index is 0. The molecule has 2 unspecified atom stereocenters. The summed E-state index contributed by atoms with van der Waals surface area (Å²) in [5, 5.41) is 0. The predicted octanol–water partition coefficient (Wildman–Crippen LogP) is 5.15. The van der Waals surface area contributed by atoms with E-state index in [4.69, 9.17) is 47.4 Å². The lowest BCUT2D eigenvalue weighted by atomic mass is 9.72.